The van der Waals surface area contributed by atoms with E-state index >= 15 is 0 Å². The van der Waals surface area contributed by atoms with Crippen LogP contribution in [-0.4, -0.2) is 22.0 Å². The number of rotatable bonds is 3. The molecule has 102 valence electrons. The number of amides is 1. The molecular weight excluding hydrogens is 324 g/mol. The van der Waals surface area contributed by atoms with Gasteiger partial charge >= 0.3 is 5.97 Å². The highest BCUT2D eigenvalue weighted by Gasteiger charge is 2.11. The molecule has 1 amide bonds. The van der Waals surface area contributed by atoms with Crippen LogP contribution in [0.25, 0.3) is 0 Å². The molecular formula is C14H11BrN2O3. The molecule has 0 radical (unpaired) electrons. The van der Waals surface area contributed by atoms with E-state index in [1.807, 2.05) is 0 Å². The van der Waals surface area contributed by atoms with E-state index in [1.54, 1.807) is 25.1 Å². The first-order chi connectivity index (χ1) is 9.47. The topological polar surface area (TPSA) is 79.3 Å². The number of pyridine rings is 1. The first-order valence-corrected chi connectivity index (χ1v) is 6.53. The molecule has 2 rings (SSSR count). The second kappa shape index (κ2) is 5.83. The van der Waals surface area contributed by atoms with Crippen molar-refractivity contribution in [3.63, 3.8) is 0 Å². The Balaban J connectivity index is 2.25. The highest BCUT2D eigenvalue weighted by Crippen LogP contribution is 2.18. The maximum Gasteiger partial charge on any atom is 0.335 e. The summed E-state index contributed by atoms with van der Waals surface area (Å²) < 4.78 is 0.637. The number of benzene rings is 1. The summed E-state index contributed by atoms with van der Waals surface area (Å²) in [6.45, 7) is 1.79. The standard InChI is InChI=1S/C14H11BrN2O3/c1-8-2-3-9(14(19)20)6-11(8)17-13(18)10-4-5-12(15)16-7-10/h2-7H,1H3,(H,17,18)(H,19,20). The van der Waals surface area contributed by atoms with Gasteiger partial charge in [0.05, 0.1) is 11.1 Å². The number of carboxylic acid groups (broad SMARTS) is 1. The molecule has 0 aliphatic rings. The molecule has 1 heterocycles. The number of carbonyl (C=O) groups is 2. The van der Waals surface area contributed by atoms with Gasteiger partial charge in [0, 0.05) is 11.9 Å². The minimum Gasteiger partial charge on any atom is -0.478 e. The fourth-order valence-electron chi connectivity index (χ4n) is 1.59. The van der Waals surface area contributed by atoms with E-state index in [0.717, 1.165) is 5.56 Å². The summed E-state index contributed by atoms with van der Waals surface area (Å²) in [6, 6.07) is 7.87. The number of halogens is 1. The van der Waals surface area contributed by atoms with Crippen LogP contribution in [-0.2, 0) is 0 Å². The molecule has 2 aromatic rings. The van der Waals surface area contributed by atoms with Gasteiger partial charge in [-0.25, -0.2) is 9.78 Å². The molecule has 0 unspecified atom stereocenters. The fourth-order valence-corrected chi connectivity index (χ4v) is 1.83. The Hall–Kier alpha value is -2.21. The normalized spacial score (nSPS) is 10.1. The lowest BCUT2D eigenvalue weighted by Crippen LogP contribution is -2.13. The number of carbonyl (C=O) groups excluding carboxylic acids is 1. The van der Waals surface area contributed by atoms with Gasteiger partial charge in [0.25, 0.3) is 5.91 Å². The second-order valence-electron chi connectivity index (χ2n) is 4.16. The number of hydrogen-bond acceptors (Lipinski definition) is 3. The third-order valence-corrected chi connectivity index (χ3v) is 3.19. The Bertz CT molecular complexity index is 669. The summed E-state index contributed by atoms with van der Waals surface area (Å²) in [7, 11) is 0. The van der Waals surface area contributed by atoms with Gasteiger partial charge in [-0.1, -0.05) is 6.07 Å². The molecule has 0 atom stereocenters. The Morgan fingerprint density at radius 3 is 2.50 bits per heavy atom. The van der Waals surface area contributed by atoms with E-state index in [4.69, 9.17) is 5.11 Å². The van der Waals surface area contributed by atoms with Crippen molar-refractivity contribution in [3.05, 3.63) is 57.8 Å². The summed E-state index contributed by atoms with van der Waals surface area (Å²) in [5.74, 6) is -1.37. The number of aromatic carboxylic acids is 1. The van der Waals surface area contributed by atoms with Gasteiger partial charge in [-0.3, -0.25) is 4.79 Å². The van der Waals surface area contributed by atoms with Crippen LogP contribution >= 0.6 is 15.9 Å². The van der Waals surface area contributed by atoms with Crippen LogP contribution in [0.4, 0.5) is 5.69 Å². The second-order valence-corrected chi connectivity index (χ2v) is 4.97. The smallest absolute Gasteiger partial charge is 0.335 e. The van der Waals surface area contributed by atoms with Crippen molar-refractivity contribution in [2.75, 3.05) is 5.32 Å². The van der Waals surface area contributed by atoms with Gasteiger partial charge in [0.2, 0.25) is 0 Å². The number of aromatic nitrogens is 1. The van der Waals surface area contributed by atoms with Crippen molar-refractivity contribution >= 4 is 33.5 Å². The zero-order chi connectivity index (χ0) is 14.7. The number of nitrogens with zero attached hydrogens (tertiary/aromatic N) is 1. The SMILES string of the molecule is Cc1ccc(C(=O)O)cc1NC(=O)c1ccc(Br)nc1. The summed E-state index contributed by atoms with van der Waals surface area (Å²) in [5.41, 5.74) is 1.78. The van der Waals surface area contributed by atoms with Gasteiger partial charge in [0.15, 0.2) is 0 Å². The average Bonchev–Trinajstić information content (AvgIpc) is 2.41. The lowest BCUT2D eigenvalue weighted by Gasteiger charge is -2.09. The third-order valence-electron chi connectivity index (χ3n) is 2.72. The van der Waals surface area contributed by atoms with E-state index in [0.29, 0.717) is 15.9 Å². The lowest BCUT2D eigenvalue weighted by atomic mass is 10.1. The lowest BCUT2D eigenvalue weighted by molar-refractivity contribution is 0.0696. The van der Waals surface area contributed by atoms with E-state index in [1.165, 1.54) is 18.3 Å². The third kappa shape index (κ3) is 3.21. The largest absolute Gasteiger partial charge is 0.478 e. The van der Waals surface area contributed by atoms with Crippen LogP contribution in [0, 0.1) is 6.92 Å². The van der Waals surface area contributed by atoms with Crippen LogP contribution in [0.3, 0.4) is 0 Å². The molecule has 6 heteroatoms. The molecule has 0 bridgehead atoms. The van der Waals surface area contributed by atoms with Gasteiger partial charge in [-0.15, -0.1) is 0 Å². The fraction of sp³-hybridized carbons (Fsp3) is 0.0714. The van der Waals surface area contributed by atoms with Crippen LogP contribution < -0.4 is 5.32 Å². The summed E-state index contributed by atoms with van der Waals surface area (Å²) in [6.07, 6.45) is 1.44. The van der Waals surface area contributed by atoms with Crippen molar-refractivity contribution in [1.82, 2.24) is 4.98 Å². The summed E-state index contributed by atoms with van der Waals surface area (Å²) >= 11 is 3.19. The maximum absolute atomic E-state index is 12.0. The number of carboxylic acids is 1. The van der Waals surface area contributed by atoms with Crippen molar-refractivity contribution in [3.8, 4) is 0 Å². The summed E-state index contributed by atoms with van der Waals surface area (Å²) in [4.78, 5) is 26.9. The number of anilines is 1. The van der Waals surface area contributed by atoms with Gasteiger partial charge in [-0.05, 0) is 52.7 Å². The first-order valence-electron chi connectivity index (χ1n) is 5.74. The maximum atomic E-state index is 12.0. The van der Waals surface area contributed by atoms with Crippen molar-refractivity contribution in [1.29, 1.82) is 0 Å². The molecule has 0 fully saturated rings. The molecule has 2 N–H and O–H groups in total. The van der Waals surface area contributed by atoms with Gasteiger partial charge < -0.3 is 10.4 Å². The molecule has 0 aliphatic carbocycles. The predicted molar refractivity (Wildman–Crippen MR) is 78.0 cm³/mol. The quantitative estimate of drug-likeness (QED) is 0.845. The molecule has 5 nitrogen and oxygen atoms in total. The van der Waals surface area contributed by atoms with E-state index in [2.05, 4.69) is 26.2 Å². The van der Waals surface area contributed by atoms with Crippen molar-refractivity contribution in [2.45, 2.75) is 6.92 Å². The van der Waals surface area contributed by atoms with E-state index in [9.17, 15) is 9.59 Å². The highest BCUT2D eigenvalue weighted by atomic mass is 79.9. The van der Waals surface area contributed by atoms with Gasteiger partial charge in [0.1, 0.15) is 4.60 Å². The minimum absolute atomic E-state index is 0.125. The number of nitrogens with one attached hydrogen (secondary N) is 1. The Morgan fingerprint density at radius 2 is 1.90 bits per heavy atom. The monoisotopic (exact) mass is 334 g/mol. The Kier molecular flexibility index (Phi) is 4.14. The Labute approximate surface area is 123 Å². The highest BCUT2D eigenvalue weighted by molar-refractivity contribution is 9.10. The van der Waals surface area contributed by atoms with E-state index in [-0.39, 0.29) is 11.5 Å². The molecule has 1 aromatic heterocycles. The molecule has 0 saturated carbocycles. The Morgan fingerprint density at radius 1 is 1.20 bits per heavy atom. The average molecular weight is 335 g/mol. The van der Waals surface area contributed by atoms with Crippen LogP contribution in [0.1, 0.15) is 26.3 Å². The van der Waals surface area contributed by atoms with Crippen LogP contribution in [0.15, 0.2) is 41.1 Å². The summed E-state index contributed by atoms with van der Waals surface area (Å²) in [5, 5.41) is 11.6. The number of aryl methyl sites for hydroxylation is 1. The van der Waals surface area contributed by atoms with Crippen LogP contribution in [0.2, 0.25) is 0 Å². The van der Waals surface area contributed by atoms with Crippen molar-refractivity contribution < 1.29 is 14.7 Å². The molecule has 20 heavy (non-hydrogen) atoms. The van der Waals surface area contributed by atoms with Crippen LogP contribution in [0.5, 0.6) is 0 Å². The zero-order valence-electron chi connectivity index (χ0n) is 10.6. The predicted octanol–water partition coefficient (Wildman–Crippen LogP) is 3.10. The minimum atomic E-state index is -1.04. The van der Waals surface area contributed by atoms with Gasteiger partial charge in [-0.2, -0.15) is 0 Å². The first kappa shape index (κ1) is 14.2. The molecule has 0 saturated heterocycles. The zero-order valence-corrected chi connectivity index (χ0v) is 12.1. The number of hydrogen-bond donors (Lipinski definition) is 2. The molecule has 0 aliphatic heterocycles. The molecule has 0 spiro atoms. The molecule has 1 aromatic carbocycles. The van der Waals surface area contributed by atoms with Crippen molar-refractivity contribution in [2.24, 2.45) is 0 Å². The van der Waals surface area contributed by atoms with E-state index < -0.39 is 5.97 Å².